The van der Waals surface area contributed by atoms with Gasteiger partial charge in [-0.05, 0) is 13.3 Å². The highest BCUT2D eigenvalue weighted by atomic mass is 32.1. The quantitative estimate of drug-likeness (QED) is 0.871. The summed E-state index contributed by atoms with van der Waals surface area (Å²) in [4.78, 5) is 7.13. The van der Waals surface area contributed by atoms with E-state index in [1.807, 2.05) is 0 Å². The minimum Gasteiger partial charge on any atom is -0.314 e. The van der Waals surface area contributed by atoms with Gasteiger partial charge in [0.15, 0.2) is 0 Å². The summed E-state index contributed by atoms with van der Waals surface area (Å²) < 4.78 is 0. The predicted octanol–water partition coefficient (Wildman–Crippen LogP) is 2.03. The minimum absolute atomic E-state index is 0.695. The van der Waals surface area contributed by atoms with E-state index in [1.54, 1.807) is 11.3 Å². The maximum Gasteiger partial charge on any atom is 0.0897 e. The van der Waals surface area contributed by atoms with Gasteiger partial charge >= 0.3 is 0 Å². The molecule has 0 aromatic carbocycles. The molecular formula is C12H21N3S. The van der Waals surface area contributed by atoms with Gasteiger partial charge in [0.1, 0.15) is 0 Å². The van der Waals surface area contributed by atoms with Crippen molar-refractivity contribution in [3.63, 3.8) is 0 Å². The Bertz CT molecular complexity index is 322. The standard InChI is InChI=1S/C12H21N3S/c1-3-4-12-7-13-5-6-15(12)8-11-9-16-10(2)14-11/h9,12-13H,3-8H2,1-2H3. The summed E-state index contributed by atoms with van der Waals surface area (Å²) in [5, 5.41) is 6.85. The van der Waals surface area contributed by atoms with Crippen molar-refractivity contribution in [3.05, 3.63) is 16.1 Å². The highest BCUT2D eigenvalue weighted by Gasteiger charge is 2.21. The Balaban J connectivity index is 1.95. The number of nitrogens with zero attached hydrogens (tertiary/aromatic N) is 2. The molecule has 1 fully saturated rings. The summed E-state index contributed by atoms with van der Waals surface area (Å²) in [7, 11) is 0. The molecule has 2 rings (SSSR count). The van der Waals surface area contributed by atoms with Crippen molar-refractivity contribution in [2.24, 2.45) is 0 Å². The first-order valence-corrected chi connectivity index (χ1v) is 7.03. The maximum absolute atomic E-state index is 4.56. The summed E-state index contributed by atoms with van der Waals surface area (Å²) in [6.07, 6.45) is 2.55. The molecule has 90 valence electrons. The number of nitrogens with one attached hydrogen (secondary N) is 1. The molecule has 0 radical (unpaired) electrons. The van der Waals surface area contributed by atoms with E-state index in [0.29, 0.717) is 6.04 Å². The molecule has 1 atom stereocenters. The molecule has 1 saturated heterocycles. The lowest BCUT2D eigenvalue weighted by Gasteiger charge is -2.35. The molecular weight excluding hydrogens is 218 g/mol. The SMILES string of the molecule is CCCC1CNCCN1Cc1csc(C)n1. The Morgan fingerprint density at radius 1 is 1.62 bits per heavy atom. The molecule has 2 heterocycles. The van der Waals surface area contributed by atoms with Crippen molar-refractivity contribution in [2.45, 2.75) is 39.3 Å². The van der Waals surface area contributed by atoms with E-state index < -0.39 is 0 Å². The van der Waals surface area contributed by atoms with Crippen LogP contribution in [-0.2, 0) is 6.54 Å². The molecule has 1 aromatic rings. The molecule has 0 aliphatic carbocycles. The van der Waals surface area contributed by atoms with Crippen LogP contribution in [0.5, 0.6) is 0 Å². The van der Waals surface area contributed by atoms with E-state index in [9.17, 15) is 0 Å². The largest absolute Gasteiger partial charge is 0.314 e. The van der Waals surface area contributed by atoms with Gasteiger partial charge in [-0.2, -0.15) is 0 Å². The van der Waals surface area contributed by atoms with Crippen molar-refractivity contribution in [3.8, 4) is 0 Å². The van der Waals surface area contributed by atoms with E-state index in [1.165, 1.54) is 23.5 Å². The van der Waals surface area contributed by atoms with Gasteiger partial charge in [0, 0.05) is 37.6 Å². The van der Waals surface area contributed by atoms with Crippen LogP contribution >= 0.6 is 11.3 Å². The van der Waals surface area contributed by atoms with Crippen LogP contribution in [0.3, 0.4) is 0 Å². The summed E-state index contributed by atoms with van der Waals surface area (Å²) in [5.41, 5.74) is 1.24. The topological polar surface area (TPSA) is 28.2 Å². The fraction of sp³-hybridized carbons (Fsp3) is 0.750. The molecule has 16 heavy (non-hydrogen) atoms. The predicted molar refractivity (Wildman–Crippen MR) is 68.8 cm³/mol. The molecule has 1 aliphatic rings. The molecule has 1 aliphatic heterocycles. The third kappa shape index (κ3) is 3.03. The number of aromatic nitrogens is 1. The first-order valence-electron chi connectivity index (χ1n) is 6.15. The fourth-order valence-corrected chi connectivity index (χ4v) is 2.92. The second-order valence-corrected chi connectivity index (χ2v) is 5.54. The molecule has 1 unspecified atom stereocenters. The van der Waals surface area contributed by atoms with E-state index >= 15 is 0 Å². The molecule has 4 heteroatoms. The number of hydrogen-bond acceptors (Lipinski definition) is 4. The van der Waals surface area contributed by atoms with E-state index in [2.05, 4.69) is 34.4 Å². The molecule has 3 nitrogen and oxygen atoms in total. The van der Waals surface area contributed by atoms with Crippen molar-refractivity contribution in [1.82, 2.24) is 15.2 Å². The van der Waals surface area contributed by atoms with Crippen LogP contribution in [0, 0.1) is 6.92 Å². The third-order valence-electron chi connectivity index (χ3n) is 3.13. The lowest BCUT2D eigenvalue weighted by molar-refractivity contribution is 0.143. The van der Waals surface area contributed by atoms with Gasteiger partial charge in [-0.1, -0.05) is 13.3 Å². The molecule has 1 aromatic heterocycles. The van der Waals surface area contributed by atoms with E-state index in [4.69, 9.17) is 0 Å². The normalized spacial score (nSPS) is 22.5. The molecule has 0 bridgehead atoms. The molecule has 0 spiro atoms. The molecule has 0 saturated carbocycles. The van der Waals surface area contributed by atoms with Gasteiger partial charge in [0.2, 0.25) is 0 Å². The number of hydrogen-bond donors (Lipinski definition) is 1. The Morgan fingerprint density at radius 3 is 3.19 bits per heavy atom. The summed E-state index contributed by atoms with van der Waals surface area (Å²) in [5.74, 6) is 0. The average molecular weight is 239 g/mol. The Hall–Kier alpha value is -0.450. The minimum atomic E-state index is 0.695. The zero-order valence-electron chi connectivity index (χ0n) is 10.2. The van der Waals surface area contributed by atoms with Crippen LogP contribution in [0.1, 0.15) is 30.5 Å². The summed E-state index contributed by atoms with van der Waals surface area (Å²) in [6.45, 7) is 8.77. The van der Waals surface area contributed by atoms with Crippen molar-refractivity contribution >= 4 is 11.3 Å². The average Bonchev–Trinajstić information content (AvgIpc) is 2.67. The highest BCUT2D eigenvalue weighted by molar-refractivity contribution is 7.09. The lowest BCUT2D eigenvalue weighted by Crippen LogP contribution is -2.50. The van der Waals surface area contributed by atoms with Gasteiger partial charge < -0.3 is 5.32 Å². The number of rotatable bonds is 4. The van der Waals surface area contributed by atoms with Crippen LogP contribution in [0.15, 0.2) is 5.38 Å². The summed E-state index contributed by atoms with van der Waals surface area (Å²) >= 11 is 1.75. The second kappa shape index (κ2) is 5.75. The number of thiazole rings is 1. The van der Waals surface area contributed by atoms with Crippen LogP contribution in [0.2, 0.25) is 0 Å². The zero-order valence-corrected chi connectivity index (χ0v) is 11.0. The van der Waals surface area contributed by atoms with Crippen molar-refractivity contribution in [2.75, 3.05) is 19.6 Å². The van der Waals surface area contributed by atoms with Crippen molar-refractivity contribution in [1.29, 1.82) is 0 Å². The maximum atomic E-state index is 4.56. The Labute approximate surface area is 102 Å². The first-order chi connectivity index (χ1) is 7.79. The van der Waals surface area contributed by atoms with E-state index in [0.717, 1.165) is 26.2 Å². The monoisotopic (exact) mass is 239 g/mol. The van der Waals surface area contributed by atoms with Gasteiger partial charge in [0.05, 0.1) is 10.7 Å². The Kier molecular flexibility index (Phi) is 4.32. The van der Waals surface area contributed by atoms with Gasteiger partial charge in [-0.15, -0.1) is 11.3 Å². The second-order valence-electron chi connectivity index (χ2n) is 4.47. The van der Waals surface area contributed by atoms with Gasteiger partial charge in [-0.25, -0.2) is 4.98 Å². The van der Waals surface area contributed by atoms with Crippen LogP contribution in [0.4, 0.5) is 0 Å². The van der Waals surface area contributed by atoms with Gasteiger partial charge in [0.25, 0.3) is 0 Å². The van der Waals surface area contributed by atoms with Crippen LogP contribution in [-0.4, -0.2) is 35.6 Å². The fourth-order valence-electron chi connectivity index (χ4n) is 2.32. The lowest BCUT2D eigenvalue weighted by atomic mass is 10.1. The molecule has 0 amide bonds. The Morgan fingerprint density at radius 2 is 2.50 bits per heavy atom. The first kappa shape index (κ1) is 12.0. The number of piperazine rings is 1. The van der Waals surface area contributed by atoms with Crippen molar-refractivity contribution < 1.29 is 0 Å². The third-order valence-corrected chi connectivity index (χ3v) is 3.95. The van der Waals surface area contributed by atoms with Crippen LogP contribution in [0.25, 0.3) is 0 Å². The number of aryl methyl sites for hydroxylation is 1. The van der Waals surface area contributed by atoms with Crippen LogP contribution < -0.4 is 5.32 Å². The highest BCUT2D eigenvalue weighted by Crippen LogP contribution is 2.15. The summed E-state index contributed by atoms with van der Waals surface area (Å²) in [6, 6.07) is 0.695. The van der Waals surface area contributed by atoms with Gasteiger partial charge in [-0.3, -0.25) is 4.90 Å². The molecule has 1 N–H and O–H groups in total. The smallest absolute Gasteiger partial charge is 0.0897 e. The zero-order chi connectivity index (χ0) is 11.4. The van der Waals surface area contributed by atoms with E-state index in [-0.39, 0.29) is 0 Å².